The number of hydrogen-bond donors (Lipinski definition) is 1. The number of aromatic nitrogens is 2. The third-order valence-electron chi connectivity index (χ3n) is 5.33. The quantitative estimate of drug-likeness (QED) is 0.611. The van der Waals surface area contributed by atoms with Gasteiger partial charge in [-0.15, -0.1) is 0 Å². The molecule has 0 aliphatic carbocycles. The fourth-order valence-corrected chi connectivity index (χ4v) is 4.95. The van der Waals surface area contributed by atoms with Crippen LogP contribution in [-0.4, -0.2) is 73.6 Å². The monoisotopic (exact) mass is 455 g/mol. The van der Waals surface area contributed by atoms with Crippen molar-refractivity contribution in [3.8, 4) is 11.4 Å². The van der Waals surface area contributed by atoms with Gasteiger partial charge < -0.3 is 15.0 Å². The van der Waals surface area contributed by atoms with Gasteiger partial charge in [-0.1, -0.05) is 24.3 Å². The van der Waals surface area contributed by atoms with E-state index in [1.165, 1.54) is 23.5 Å². The maximum absolute atomic E-state index is 13.0. The SMILES string of the molecule is COc1cn(-c2ccccc2)nc1C(=O)Nc1cccc(S(=O)(=O)N2CCN(C)CC2)c1. The van der Waals surface area contributed by atoms with Gasteiger partial charge in [0.05, 0.1) is 23.9 Å². The molecule has 0 atom stereocenters. The largest absolute Gasteiger partial charge is 0.493 e. The normalized spacial score (nSPS) is 15.4. The molecule has 168 valence electrons. The van der Waals surface area contributed by atoms with Gasteiger partial charge in [-0.2, -0.15) is 9.40 Å². The molecule has 9 nitrogen and oxygen atoms in total. The second-order valence-corrected chi connectivity index (χ2v) is 9.45. The van der Waals surface area contributed by atoms with Crippen LogP contribution in [0.5, 0.6) is 5.75 Å². The number of carbonyl (C=O) groups excluding carboxylic acids is 1. The summed E-state index contributed by atoms with van der Waals surface area (Å²) in [7, 11) is -0.212. The molecule has 10 heteroatoms. The van der Waals surface area contributed by atoms with Crippen LogP contribution < -0.4 is 10.1 Å². The highest BCUT2D eigenvalue weighted by molar-refractivity contribution is 7.89. The number of sulfonamides is 1. The minimum absolute atomic E-state index is 0.101. The number of anilines is 1. The van der Waals surface area contributed by atoms with Gasteiger partial charge in [-0.3, -0.25) is 4.79 Å². The van der Waals surface area contributed by atoms with E-state index >= 15 is 0 Å². The Morgan fingerprint density at radius 2 is 1.75 bits per heavy atom. The lowest BCUT2D eigenvalue weighted by atomic mass is 10.3. The summed E-state index contributed by atoms with van der Waals surface area (Å²) in [6.45, 7) is 2.23. The summed E-state index contributed by atoms with van der Waals surface area (Å²) in [5.74, 6) is -0.182. The van der Waals surface area contributed by atoms with E-state index < -0.39 is 15.9 Å². The number of methoxy groups -OCH3 is 1. The maximum atomic E-state index is 13.0. The molecule has 1 fully saturated rings. The van der Waals surface area contributed by atoms with E-state index in [0.717, 1.165) is 5.69 Å². The zero-order chi connectivity index (χ0) is 22.7. The number of likely N-dealkylation sites (N-methyl/N-ethyl adjacent to an activating group) is 1. The van der Waals surface area contributed by atoms with Gasteiger partial charge in [0.1, 0.15) is 0 Å². The highest BCUT2D eigenvalue weighted by atomic mass is 32.2. The van der Waals surface area contributed by atoms with Crippen LogP contribution in [0.25, 0.3) is 5.69 Å². The minimum atomic E-state index is -3.64. The number of nitrogens with zero attached hydrogens (tertiary/aromatic N) is 4. The molecule has 3 aromatic rings. The van der Waals surface area contributed by atoms with Crippen molar-refractivity contribution in [2.75, 3.05) is 45.7 Å². The molecule has 0 bridgehead atoms. The van der Waals surface area contributed by atoms with Gasteiger partial charge in [0.2, 0.25) is 10.0 Å². The average molecular weight is 456 g/mol. The third-order valence-corrected chi connectivity index (χ3v) is 7.22. The molecule has 0 unspecified atom stereocenters. The molecule has 0 saturated carbocycles. The lowest BCUT2D eigenvalue weighted by molar-refractivity contribution is 0.101. The molecule has 1 N–H and O–H groups in total. The van der Waals surface area contributed by atoms with Crippen LogP contribution in [0.3, 0.4) is 0 Å². The second-order valence-electron chi connectivity index (χ2n) is 7.52. The first-order chi connectivity index (χ1) is 15.4. The Kier molecular flexibility index (Phi) is 6.26. The number of hydrogen-bond acceptors (Lipinski definition) is 6. The van der Waals surface area contributed by atoms with Gasteiger partial charge >= 0.3 is 0 Å². The number of benzene rings is 2. The number of ether oxygens (including phenoxy) is 1. The van der Waals surface area contributed by atoms with E-state index in [9.17, 15) is 13.2 Å². The fraction of sp³-hybridized carbons (Fsp3) is 0.273. The smallest absolute Gasteiger partial charge is 0.280 e. The molecule has 1 saturated heterocycles. The zero-order valence-corrected chi connectivity index (χ0v) is 18.7. The topological polar surface area (TPSA) is 96.8 Å². The first-order valence-corrected chi connectivity index (χ1v) is 11.6. The Balaban J connectivity index is 1.55. The van der Waals surface area contributed by atoms with Crippen LogP contribution in [0, 0.1) is 0 Å². The van der Waals surface area contributed by atoms with Crippen LogP contribution in [0.1, 0.15) is 10.5 Å². The molecule has 2 heterocycles. The molecule has 1 aromatic heterocycles. The zero-order valence-electron chi connectivity index (χ0n) is 17.9. The fourth-order valence-electron chi connectivity index (χ4n) is 3.48. The summed E-state index contributed by atoms with van der Waals surface area (Å²) >= 11 is 0. The Hall–Kier alpha value is -3.21. The Morgan fingerprint density at radius 3 is 2.44 bits per heavy atom. The van der Waals surface area contributed by atoms with Crippen LogP contribution in [0.4, 0.5) is 5.69 Å². The van der Waals surface area contributed by atoms with Gasteiger partial charge in [-0.05, 0) is 37.4 Å². The highest BCUT2D eigenvalue weighted by Gasteiger charge is 2.28. The summed E-state index contributed by atoms with van der Waals surface area (Å²) in [6.07, 6.45) is 1.62. The second kappa shape index (κ2) is 9.11. The predicted octanol–water partition coefficient (Wildman–Crippen LogP) is 2.07. The molecule has 4 rings (SSSR count). The highest BCUT2D eigenvalue weighted by Crippen LogP contribution is 2.23. The van der Waals surface area contributed by atoms with Crippen LogP contribution >= 0.6 is 0 Å². The molecule has 1 amide bonds. The number of piperazine rings is 1. The van der Waals surface area contributed by atoms with Gasteiger partial charge in [-0.25, -0.2) is 13.1 Å². The first-order valence-electron chi connectivity index (χ1n) is 10.2. The lowest BCUT2D eigenvalue weighted by Gasteiger charge is -2.31. The van der Waals surface area contributed by atoms with E-state index in [0.29, 0.717) is 37.6 Å². The van der Waals surface area contributed by atoms with E-state index in [1.54, 1.807) is 23.0 Å². The molecule has 32 heavy (non-hydrogen) atoms. The molecular formula is C22H25N5O4S. The summed E-state index contributed by atoms with van der Waals surface area (Å²) < 4.78 is 34.4. The van der Waals surface area contributed by atoms with E-state index in [4.69, 9.17) is 4.74 Å². The molecule has 1 aliphatic heterocycles. The molecule has 2 aromatic carbocycles. The summed E-state index contributed by atoms with van der Waals surface area (Å²) in [5, 5.41) is 7.08. The Bertz CT molecular complexity index is 1200. The first kappa shape index (κ1) is 22.0. The Morgan fingerprint density at radius 1 is 1.03 bits per heavy atom. The van der Waals surface area contributed by atoms with E-state index in [-0.39, 0.29) is 10.6 Å². The summed E-state index contributed by atoms with van der Waals surface area (Å²) in [5.41, 5.74) is 1.25. The number of carbonyl (C=O) groups is 1. The van der Waals surface area contributed by atoms with Crippen LogP contribution in [0.2, 0.25) is 0 Å². The summed E-state index contributed by atoms with van der Waals surface area (Å²) in [6, 6.07) is 15.6. The lowest BCUT2D eigenvalue weighted by Crippen LogP contribution is -2.47. The Labute approximate surface area is 187 Å². The number of nitrogens with one attached hydrogen (secondary N) is 1. The number of rotatable bonds is 6. The molecule has 1 aliphatic rings. The number of amides is 1. The van der Waals surface area contributed by atoms with Crippen molar-refractivity contribution in [3.05, 3.63) is 66.5 Å². The van der Waals surface area contributed by atoms with Gasteiger partial charge in [0.25, 0.3) is 5.91 Å². The van der Waals surface area contributed by atoms with Crippen molar-refractivity contribution in [2.24, 2.45) is 0 Å². The third kappa shape index (κ3) is 4.52. The molecule has 0 spiro atoms. The van der Waals surface area contributed by atoms with Crippen molar-refractivity contribution in [1.82, 2.24) is 19.0 Å². The van der Waals surface area contributed by atoms with Crippen molar-refractivity contribution >= 4 is 21.6 Å². The van der Waals surface area contributed by atoms with Crippen molar-refractivity contribution < 1.29 is 17.9 Å². The van der Waals surface area contributed by atoms with Crippen LogP contribution in [0.15, 0.2) is 65.7 Å². The van der Waals surface area contributed by atoms with Crippen molar-refractivity contribution in [2.45, 2.75) is 4.90 Å². The summed E-state index contributed by atoms with van der Waals surface area (Å²) in [4.78, 5) is 15.1. The molecule has 0 radical (unpaired) electrons. The predicted molar refractivity (Wildman–Crippen MR) is 121 cm³/mol. The van der Waals surface area contributed by atoms with E-state index in [2.05, 4.69) is 15.3 Å². The maximum Gasteiger partial charge on any atom is 0.280 e. The van der Waals surface area contributed by atoms with Crippen LogP contribution in [-0.2, 0) is 10.0 Å². The van der Waals surface area contributed by atoms with E-state index in [1.807, 2.05) is 37.4 Å². The van der Waals surface area contributed by atoms with Crippen molar-refractivity contribution in [1.29, 1.82) is 0 Å². The standard InChI is InChI=1S/C22H25N5O4S/c1-25-11-13-26(14-12-25)32(29,30)19-10-6-7-17(15-19)23-22(28)21-20(31-2)16-27(24-21)18-8-4-3-5-9-18/h3-10,15-16H,11-14H2,1-2H3,(H,23,28). The van der Waals surface area contributed by atoms with Gasteiger partial charge in [0, 0.05) is 31.9 Å². The molecular weight excluding hydrogens is 430 g/mol. The minimum Gasteiger partial charge on any atom is -0.493 e. The van der Waals surface area contributed by atoms with Gasteiger partial charge in [0.15, 0.2) is 11.4 Å². The average Bonchev–Trinajstić information content (AvgIpc) is 3.25. The van der Waals surface area contributed by atoms with Crippen molar-refractivity contribution in [3.63, 3.8) is 0 Å². The number of para-hydroxylation sites is 1.